The van der Waals surface area contributed by atoms with Crippen LogP contribution in [0.25, 0.3) is 0 Å². The number of methoxy groups -OCH3 is 1. The molecular formula is C12H23O6P. The predicted molar refractivity (Wildman–Crippen MR) is 70.6 cm³/mol. The van der Waals surface area contributed by atoms with Crippen LogP contribution < -0.4 is 0 Å². The Hall–Kier alpha value is -0.260. The monoisotopic (exact) mass is 294 g/mol. The van der Waals surface area contributed by atoms with Gasteiger partial charge in [0.1, 0.15) is 0 Å². The molecule has 0 amide bonds. The van der Waals surface area contributed by atoms with E-state index in [1.165, 1.54) is 21.3 Å². The molecule has 1 aliphatic carbocycles. The number of hydrogen-bond donors (Lipinski definition) is 1. The van der Waals surface area contributed by atoms with Gasteiger partial charge in [-0.05, 0) is 24.7 Å². The van der Waals surface area contributed by atoms with Crippen molar-refractivity contribution in [3.05, 3.63) is 0 Å². The molecular weight excluding hydrogens is 271 g/mol. The second-order valence-corrected chi connectivity index (χ2v) is 6.26. The van der Waals surface area contributed by atoms with Gasteiger partial charge in [0.25, 0.3) is 0 Å². The summed E-state index contributed by atoms with van der Waals surface area (Å²) in [5.41, 5.74) is 0. The van der Waals surface area contributed by atoms with Crippen molar-refractivity contribution in [3.8, 4) is 0 Å². The zero-order valence-corrected chi connectivity index (χ0v) is 12.6. The summed E-state index contributed by atoms with van der Waals surface area (Å²) < 4.78 is 20.6. The number of hydrogen-bond acceptors (Lipinski definition) is 6. The minimum absolute atomic E-state index is 0.167. The molecule has 0 spiro atoms. The molecule has 6 nitrogen and oxygen atoms in total. The molecule has 0 radical (unpaired) electrons. The van der Waals surface area contributed by atoms with Crippen molar-refractivity contribution in [2.24, 2.45) is 11.8 Å². The molecule has 1 N–H and O–H groups in total. The highest BCUT2D eigenvalue weighted by atomic mass is 31.2. The van der Waals surface area contributed by atoms with Crippen molar-refractivity contribution >= 4 is 14.3 Å². The molecule has 19 heavy (non-hydrogen) atoms. The predicted octanol–water partition coefficient (Wildman–Crippen LogP) is 1.52. The van der Waals surface area contributed by atoms with Gasteiger partial charge in [-0.1, -0.05) is 6.42 Å². The van der Waals surface area contributed by atoms with Gasteiger partial charge < -0.3 is 23.6 Å². The summed E-state index contributed by atoms with van der Waals surface area (Å²) in [6.07, 6.45) is 3.11. The first-order valence-electron chi connectivity index (χ1n) is 6.35. The van der Waals surface area contributed by atoms with Crippen molar-refractivity contribution in [1.29, 1.82) is 0 Å². The van der Waals surface area contributed by atoms with E-state index >= 15 is 0 Å². The van der Waals surface area contributed by atoms with E-state index in [9.17, 15) is 9.90 Å². The summed E-state index contributed by atoms with van der Waals surface area (Å²) in [6.45, 7) is 0.580. The van der Waals surface area contributed by atoms with Gasteiger partial charge in [-0.2, -0.15) is 0 Å². The molecule has 0 aliphatic heterocycles. The Balaban J connectivity index is 2.55. The van der Waals surface area contributed by atoms with Crippen LogP contribution in [0.15, 0.2) is 0 Å². The normalized spacial score (nSPS) is 24.7. The second-order valence-electron chi connectivity index (χ2n) is 4.49. The van der Waals surface area contributed by atoms with Crippen molar-refractivity contribution in [2.75, 3.05) is 34.5 Å². The Morgan fingerprint density at radius 1 is 1.26 bits per heavy atom. The minimum atomic E-state index is -1.46. The summed E-state index contributed by atoms with van der Waals surface area (Å²) in [4.78, 5) is 11.7. The smallest absolute Gasteiger partial charge is 0.344 e. The number of rotatable bonds is 8. The van der Waals surface area contributed by atoms with E-state index in [0.29, 0.717) is 6.61 Å². The van der Waals surface area contributed by atoms with E-state index in [1.54, 1.807) is 0 Å². The van der Waals surface area contributed by atoms with Gasteiger partial charge >= 0.3 is 5.97 Å². The van der Waals surface area contributed by atoms with E-state index in [2.05, 4.69) is 0 Å². The van der Waals surface area contributed by atoms with Gasteiger partial charge in [0.05, 0.1) is 13.7 Å². The van der Waals surface area contributed by atoms with Crippen molar-refractivity contribution in [3.63, 3.8) is 0 Å². The van der Waals surface area contributed by atoms with Crippen LogP contribution in [0.1, 0.15) is 19.3 Å². The lowest BCUT2D eigenvalue weighted by Crippen LogP contribution is -2.28. The molecule has 112 valence electrons. The second kappa shape index (κ2) is 8.82. The largest absolute Gasteiger partial charge is 0.467 e. The molecule has 1 aliphatic rings. The van der Waals surface area contributed by atoms with Crippen LogP contribution >= 0.6 is 8.38 Å². The number of carbonyl (C=O) groups is 1. The Labute approximate surface area is 115 Å². The Bertz CT molecular complexity index is 271. The maximum Gasteiger partial charge on any atom is 0.344 e. The summed E-state index contributed by atoms with van der Waals surface area (Å²) in [7, 11) is 2.79. The maximum absolute atomic E-state index is 11.7. The third-order valence-corrected chi connectivity index (χ3v) is 4.94. The summed E-state index contributed by atoms with van der Waals surface area (Å²) in [5, 5.41) is 9.27. The van der Waals surface area contributed by atoms with Gasteiger partial charge in [0, 0.05) is 20.8 Å². The van der Waals surface area contributed by atoms with Crippen molar-refractivity contribution < 1.29 is 28.4 Å². The molecule has 1 rings (SSSR count). The van der Waals surface area contributed by atoms with Crippen molar-refractivity contribution in [1.82, 2.24) is 0 Å². The van der Waals surface area contributed by atoms with Crippen LogP contribution in [0.4, 0.5) is 0 Å². The molecule has 0 aromatic carbocycles. The lowest BCUT2D eigenvalue weighted by Gasteiger charge is -2.24. The van der Waals surface area contributed by atoms with Crippen LogP contribution in [0.5, 0.6) is 0 Å². The Morgan fingerprint density at radius 3 is 2.42 bits per heavy atom. The Morgan fingerprint density at radius 2 is 1.89 bits per heavy atom. The highest BCUT2D eigenvalue weighted by molar-refractivity contribution is 7.49. The lowest BCUT2D eigenvalue weighted by molar-refractivity contribution is -0.150. The van der Waals surface area contributed by atoms with E-state index in [4.69, 9.17) is 18.5 Å². The van der Waals surface area contributed by atoms with Crippen LogP contribution in [0, 0.1) is 11.8 Å². The van der Waals surface area contributed by atoms with Crippen molar-refractivity contribution in [2.45, 2.75) is 25.1 Å². The van der Waals surface area contributed by atoms with Crippen LogP contribution in [0.3, 0.4) is 0 Å². The Kier molecular flexibility index (Phi) is 7.80. The standard InChI is InChI=1S/C12H23O6P/c1-15-11(14)12(19(16-2)17-3)18-8-10-6-4-5-9(10)7-13/h9-10,12-13H,4-8H2,1-3H3. The van der Waals surface area contributed by atoms with Gasteiger partial charge in [-0.25, -0.2) is 4.79 Å². The summed E-state index contributed by atoms with van der Waals surface area (Å²) in [6, 6.07) is 0. The molecule has 0 bridgehead atoms. The highest BCUT2D eigenvalue weighted by Crippen LogP contribution is 2.44. The zero-order chi connectivity index (χ0) is 14.3. The van der Waals surface area contributed by atoms with Gasteiger partial charge in [0.2, 0.25) is 14.2 Å². The molecule has 0 heterocycles. The van der Waals surface area contributed by atoms with Crippen LogP contribution in [0.2, 0.25) is 0 Å². The molecule has 3 atom stereocenters. The summed E-state index contributed by atoms with van der Waals surface area (Å²) >= 11 is 0. The van der Waals surface area contributed by atoms with Gasteiger partial charge in [-0.3, -0.25) is 0 Å². The number of carbonyl (C=O) groups excluding carboxylic acids is 1. The van der Waals surface area contributed by atoms with E-state index in [1.807, 2.05) is 0 Å². The average Bonchev–Trinajstić information content (AvgIpc) is 2.90. The number of esters is 1. The molecule has 0 saturated heterocycles. The highest BCUT2D eigenvalue weighted by Gasteiger charge is 2.34. The third kappa shape index (κ3) is 4.65. The fraction of sp³-hybridized carbons (Fsp3) is 0.917. The first kappa shape index (κ1) is 16.8. The molecule has 3 unspecified atom stereocenters. The number of aliphatic hydroxyl groups excluding tert-OH is 1. The zero-order valence-electron chi connectivity index (χ0n) is 11.7. The lowest BCUT2D eigenvalue weighted by atomic mass is 9.98. The van der Waals surface area contributed by atoms with E-state index in [0.717, 1.165) is 19.3 Å². The fourth-order valence-corrected chi connectivity index (χ4v) is 3.39. The summed E-state index contributed by atoms with van der Waals surface area (Å²) in [5.74, 6) is -0.791. The molecule has 1 fully saturated rings. The third-order valence-electron chi connectivity index (χ3n) is 3.47. The van der Waals surface area contributed by atoms with Gasteiger partial charge in [-0.15, -0.1) is 0 Å². The number of aliphatic hydroxyl groups is 1. The van der Waals surface area contributed by atoms with Crippen LogP contribution in [-0.4, -0.2) is 51.5 Å². The van der Waals surface area contributed by atoms with Gasteiger partial charge in [0.15, 0.2) is 0 Å². The van der Waals surface area contributed by atoms with E-state index in [-0.39, 0.29) is 18.4 Å². The molecule has 0 aromatic heterocycles. The fourth-order valence-electron chi connectivity index (χ4n) is 2.37. The first-order valence-corrected chi connectivity index (χ1v) is 7.60. The topological polar surface area (TPSA) is 74.2 Å². The molecule has 1 saturated carbocycles. The first-order chi connectivity index (χ1) is 9.17. The SMILES string of the molecule is COC(=O)C(OCC1CCCC1CO)P(OC)OC. The average molecular weight is 294 g/mol. The molecule has 0 aromatic rings. The number of ether oxygens (including phenoxy) is 2. The quantitative estimate of drug-likeness (QED) is 0.540. The maximum atomic E-state index is 11.7. The molecule has 7 heteroatoms. The van der Waals surface area contributed by atoms with Crippen LogP contribution in [-0.2, 0) is 23.3 Å². The van der Waals surface area contributed by atoms with E-state index < -0.39 is 20.2 Å². The minimum Gasteiger partial charge on any atom is -0.467 e.